The van der Waals surface area contributed by atoms with Crippen LogP contribution in [0.1, 0.15) is 41.4 Å². The SMILES string of the molecule is Cc1cccc(N2CCN(C(=O)c3cc(N4CCCC(C)C4)ncn3)CC2)c1C. The van der Waals surface area contributed by atoms with Gasteiger partial charge in [-0.25, -0.2) is 9.97 Å². The molecule has 2 aromatic rings. The Morgan fingerprint density at radius 3 is 2.59 bits per heavy atom. The molecule has 1 atom stereocenters. The number of piperazine rings is 1. The number of carbonyl (C=O) groups excluding carboxylic acids is 1. The summed E-state index contributed by atoms with van der Waals surface area (Å²) in [5.74, 6) is 1.55. The molecule has 2 saturated heterocycles. The molecule has 0 radical (unpaired) electrons. The highest BCUT2D eigenvalue weighted by molar-refractivity contribution is 5.93. The molecule has 1 aromatic heterocycles. The predicted molar refractivity (Wildman–Crippen MR) is 117 cm³/mol. The van der Waals surface area contributed by atoms with Crippen LogP contribution < -0.4 is 9.80 Å². The van der Waals surface area contributed by atoms with E-state index in [0.29, 0.717) is 24.7 Å². The van der Waals surface area contributed by atoms with Crippen LogP contribution in [0.4, 0.5) is 11.5 Å². The maximum Gasteiger partial charge on any atom is 0.272 e. The molecular weight excluding hydrogens is 362 g/mol. The van der Waals surface area contributed by atoms with Gasteiger partial charge in [0.2, 0.25) is 0 Å². The summed E-state index contributed by atoms with van der Waals surface area (Å²) in [6.07, 6.45) is 3.97. The van der Waals surface area contributed by atoms with Crippen LogP contribution in [0.5, 0.6) is 0 Å². The number of aromatic nitrogens is 2. The van der Waals surface area contributed by atoms with E-state index in [1.54, 1.807) is 0 Å². The third-order valence-corrected chi connectivity index (χ3v) is 6.34. The largest absolute Gasteiger partial charge is 0.368 e. The quantitative estimate of drug-likeness (QED) is 0.801. The number of carbonyl (C=O) groups is 1. The Morgan fingerprint density at radius 1 is 1.03 bits per heavy atom. The second-order valence-electron chi connectivity index (χ2n) is 8.45. The number of benzene rings is 1. The van der Waals surface area contributed by atoms with Gasteiger partial charge < -0.3 is 14.7 Å². The highest BCUT2D eigenvalue weighted by atomic mass is 16.2. The van der Waals surface area contributed by atoms with E-state index in [2.05, 4.69) is 58.7 Å². The Balaban J connectivity index is 1.42. The summed E-state index contributed by atoms with van der Waals surface area (Å²) in [5.41, 5.74) is 4.42. The highest BCUT2D eigenvalue weighted by Gasteiger charge is 2.25. The average Bonchev–Trinajstić information content (AvgIpc) is 2.75. The van der Waals surface area contributed by atoms with E-state index in [-0.39, 0.29) is 5.91 Å². The molecule has 3 heterocycles. The molecular formula is C23H31N5O. The Morgan fingerprint density at radius 2 is 1.83 bits per heavy atom. The van der Waals surface area contributed by atoms with Crippen molar-refractivity contribution in [1.82, 2.24) is 14.9 Å². The van der Waals surface area contributed by atoms with E-state index >= 15 is 0 Å². The fourth-order valence-electron chi connectivity index (χ4n) is 4.43. The Bertz CT molecular complexity index is 875. The lowest BCUT2D eigenvalue weighted by atomic mass is 10.0. The second kappa shape index (κ2) is 8.39. The van der Waals surface area contributed by atoms with Crippen LogP contribution in [0.15, 0.2) is 30.6 Å². The van der Waals surface area contributed by atoms with Gasteiger partial charge in [0.05, 0.1) is 0 Å². The van der Waals surface area contributed by atoms with Gasteiger partial charge in [-0.1, -0.05) is 19.1 Å². The van der Waals surface area contributed by atoms with Crippen LogP contribution in [0.25, 0.3) is 0 Å². The summed E-state index contributed by atoms with van der Waals surface area (Å²) >= 11 is 0. The molecule has 6 heteroatoms. The maximum absolute atomic E-state index is 13.1. The van der Waals surface area contributed by atoms with Crippen molar-refractivity contribution in [3.05, 3.63) is 47.4 Å². The van der Waals surface area contributed by atoms with Gasteiger partial charge in [-0.05, 0) is 49.8 Å². The van der Waals surface area contributed by atoms with E-state index in [1.807, 2.05) is 11.0 Å². The molecule has 1 amide bonds. The van der Waals surface area contributed by atoms with Gasteiger partial charge in [0.1, 0.15) is 17.8 Å². The lowest BCUT2D eigenvalue weighted by Gasteiger charge is -2.37. The number of amides is 1. The average molecular weight is 394 g/mol. The van der Waals surface area contributed by atoms with Crippen LogP contribution in [0.3, 0.4) is 0 Å². The molecule has 0 spiro atoms. The third-order valence-electron chi connectivity index (χ3n) is 6.34. The fourth-order valence-corrected chi connectivity index (χ4v) is 4.43. The van der Waals surface area contributed by atoms with Crippen molar-refractivity contribution in [1.29, 1.82) is 0 Å². The number of piperidine rings is 1. The molecule has 0 N–H and O–H groups in total. The van der Waals surface area contributed by atoms with Crippen molar-refractivity contribution in [2.45, 2.75) is 33.6 Å². The number of aryl methyl sites for hydroxylation is 1. The van der Waals surface area contributed by atoms with Crippen LogP contribution in [-0.4, -0.2) is 60.0 Å². The van der Waals surface area contributed by atoms with E-state index in [4.69, 9.17) is 0 Å². The zero-order chi connectivity index (χ0) is 20.4. The zero-order valence-electron chi connectivity index (χ0n) is 17.8. The minimum absolute atomic E-state index is 0.0133. The molecule has 1 aromatic carbocycles. The van der Waals surface area contributed by atoms with Gasteiger partial charge in [0.15, 0.2) is 0 Å². The minimum atomic E-state index is 0.0133. The zero-order valence-corrected chi connectivity index (χ0v) is 17.8. The molecule has 0 saturated carbocycles. The number of hydrogen-bond donors (Lipinski definition) is 0. The number of rotatable bonds is 3. The Kier molecular flexibility index (Phi) is 5.69. The summed E-state index contributed by atoms with van der Waals surface area (Å²) in [7, 11) is 0. The topological polar surface area (TPSA) is 52.6 Å². The maximum atomic E-state index is 13.1. The number of nitrogens with zero attached hydrogens (tertiary/aromatic N) is 5. The van der Waals surface area contributed by atoms with Crippen molar-refractivity contribution in [2.24, 2.45) is 5.92 Å². The monoisotopic (exact) mass is 393 g/mol. The van der Waals surface area contributed by atoms with Crippen molar-refractivity contribution < 1.29 is 4.79 Å². The molecule has 2 fully saturated rings. The standard InChI is InChI=1S/C23H31N5O/c1-17-6-5-9-28(15-17)22-14-20(24-16-25-22)23(29)27-12-10-26(11-13-27)21-8-4-7-18(2)19(21)3/h4,7-8,14,16-17H,5-6,9-13,15H2,1-3H3. The van der Waals surface area contributed by atoms with Crippen LogP contribution in [0.2, 0.25) is 0 Å². The lowest BCUT2D eigenvalue weighted by Crippen LogP contribution is -2.49. The number of anilines is 2. The Hall–Kier alpha value is -2.63. The summed E-state index contributed by atoms with van der Waals surface area (Å²) in [5, 5.41) is 0. The second-order valence-corrected chi connectivity index (χ2v) is 8.45. The summed E-state index contributed by atoms with van der Waals surface area (Å²) < 4.78 is 0. The van der Waals surface area contributed by atoms with Gasteiger partial charge in [0, 0.05) is 51.0 Å². The van der Waals surface area contributed by atoms with Crippen molar-refractivity contribution >= 4 is 17.4 Å². The molecule has 1 unspecified atom stereocenters. The first-order valence-electron chi connectivity index (χ1n) is 10.7. The van der Waals surface area contributed by atoms with Gasteiger partial charge >= 0.3 is 0 Å². The van der Waals surface area contributed by atoms with Crippen LogP contribution in [-0.2, 0) is 0 Å². The molecule has 0 bridgehead atoms. The minimum Gasteiger partial charge on any atom is -0.368 e. The molecule has 29 heavy (non-hydrogen) atoms. The van der Waals surface area contributed by atoms with E-state index < -0.39 is 0 Å². The smallest absolute Gasteiger partial charge is 0.272 e. The Labute approximate surface area is 173 Å². The molecule has 2 aliphatic heterocycles. The normalized spacial score (nSPS) is 20.1. The molecule has 0 aliphatic carbocycles. The first-order valence-corrected chi connectivity index (χ1v) is 10.7. The van der Waals surface area contributed by atoms with Gasteiger partial charge in [-0.15, -0.1) is 0 Å². The molecule has 2 aliphatic rings. The number of hydrogen-bond acceptors (Lipinski definition) is 5. The van der Waals surface area contributed by atoms with Crippen LogP contribution >= 0.6 is 0 Å². The van der Waals surface area contributed by atoms with Gasteiger partial charge in [-0.3, -0.25) is 4.79 Å². The highest BCUT2D eigenvalue weighted by Crippen LogP contribution is 2.25. The van der Waals surface area contributed by atoms with E-state index in [9.17, 15) is 4.79 Å². The van der Waals surface area contributed by atoms with E-state index in [0.717, 1.165) is 32.0 Å². The van der Waals surface area contributed by atoms with Crippen molar-refractivity contribution in [3.63, 3.8) is 0 Å². The molecule has 4 rings (SSSR count). The fraction of sp³-hybridized carbons (Fsp3) is 0.522. The summed E-state index contributed by atoms with van der Waals surface area (Å²) in [4.78, 5) is 28.4. The summed E-state index contributed by atoms with van der Waals surface area (Å²) in [6.45, 7) is 11.7. The first-order chi connectivity index (χ1) is 14.0. The van der Waals surface area contributed by atoms with Crippen molar-refractivity contribution in [2.75, 3.05) is 49.1 Å². The summed E-state index contributed by atoms with van der Waals surface area (Å²) in [6, 6.07) is 8.31. The first kappa shape index (κ1) is 19.7. The predicted octanol–water partition coefficient (Wildman–Crippen LogP) is 3.29. The van der Waals surface area contributed by atoms with Crippen LogP contribution in [0, 0.1) is 19.8 Å². The van der Waals surface area contributed by atoms with Gasteiger partial charge in [0.25, 0.3) is 5.91 Å². The van der Waals surface area contributed by atoms with E-state index in [1.165, 1.54) is 36.0 Å². The molecule has 154 valence electrons. The van der Waals surface area contributed by atoms with Gasteiger partial charge in [-0.2, -0.15) is 0 Å². The molecule has 6 nitrogen and oxygen atoms in total. The van der Waals surface area contributed by atoms with Crippen molar-refractivity contribution in [3.8, 4) is 0 Å². The third kappa shape index (κ3) is 4.21. The lowest BCUT2D eigenvalue weighted by molar-refractivity contribution is 0.0740.